The summed E-state index contributed by atoms with van der Waals surface area (Å²) in [5.41, 5.74) is 4.56. The standard InChI is InChI=1S/C23H17NO3/c25-23(26)20-12-15(18-8-9-24-13-18)6-7-21(20)27-19-10-16-3-1-2-14-4-5-17(11-19)22(14)16/h1-3,6-8,10-13H,4-5,9H2,(H,25,26). The Kier molecular flexibility index (Phi) is 3.57. The Morgan fingerprint density at radius 1 is 1.04 bits per heavy atom. The van der Waals surface area contributed by atoms with Gasteiger partial charge >= 0.3 is 5.97 Å². The van der Waals surface area contributed by atoms with Crippen LogP contribution in [0, 0.1) is 0 Å². The highest BCUT2D eigenvalue weighted by Crippen LogP contribution is 2.36. The molecule has 0 amide bonds. The van der Waals surface area contributed by atoms with Crippen LogP contribution in [0.3, 0.4) is 0 Å². The van der Waals surface area contributed by atoms with E-state index in [4.69, 9.17) is 4.74 Å². The number of nitrogens with zero attached hydrogens (tertiary/aromatic N) is 1. The second-order valence-electron chi connectivity index (χ2n) is 6.87. The number of carbonyl (C=O) groups is 1. The van der Waals surface area contributed by atoms with E-state index in [1.54, 1.807) is 18.3 Å². The number of aryl methyl sites for hydroxylation is 2. The minimum atomic E-state index is -1.00. The molecule has 132 valence electrons. The predicted molar refractivity (Wildman–Crippen MR) is 106 cm³/mol. The summed E-state index contributed by atoms with van der Waals surface area (Å²) in [7, 11) is 0. The van der Waals surface area contributed by atoms with Gasteiger partial charge in [0.15, 0.2) is 0 Å². The largest absolute Gasteiger partial charge is 0.478 e. The molecule has 4 nitrogen and oxygen atoms in total. The minimum absolute atomic E-state index is 0.152. The molecule has 1 heterocycles. The van der Waals surface area contributed by atoms with Crippen molar-refractivity contribution in [3.8, 4) is 11.5 Å². The average Bonchev–Trinajstić information content (AvgIpc) is 3.33. The Balaban J connectivity index is 1.55. The predicted octanol–water partition coefficient (Wildman–Crippen LogP) is 4.90. The van der Waals surface area contributed by atoms with Crippen LogP contribution >= 0.6 is 0 Å². The molecule has 0 unspecified atom stereocenters. The number of hydrogen-bond donors (Lipinski definition) is 1. The van der Waals surface area contributed by atoms with Gasteiger partial charge in [0.2, 0.25) is 0 Å². The third kappa shape index (κ3) is 2.70. The molecule has 0 bridgehead atoms. The van der Waals surface area contributed by atoms with Crippen LogP contribution in [-0.2, 0) is 12.8 Å². The molecule has 0 radical (unpaired) electrons. The SMILES string of the molecule is O=C(O)c1cc(C2=CCN=C2)ccc1Oc1cc2c3c(cccc3c1)CC2. The van der Waals surface area contributed by atoms with E-state index in [9.17, 15) is 9.90 Å². The van der Waals surface area contributed by atoms with Gasteiger partial charge in [-0.3, -0.25) is 4.99 Å². The molecule has 0 spiro atoms. The molecule has 0 atom stereocenters. The molecule has 0 fully saturated rings. The zero-order chi connectivity index (χ0) is 18.4. The van der Waals surface area contributed by atoms with E-state index in [2.05, 4.69) is 23.2 Å². The van der Waals surface area contributed by atoms with E-state index in [0.29, 0.717) is 18.0 Å². The van der Waals surface area contributed by atoms with Gasteiger partial charge in [0.1, 0.15) is 17.1 Å². The monoisotopic (exact) mass is 355 g/mol. The molecular formula is C23H17NO3. The molecule has 1 aliphatic heterocycles. The summed E-state index contributed by atoms with van der Waals surface area (Å²) in [6, 6.07) is 15.6. The third-order valence-electron chi connectivity index (χ3n) is 5.20. The Labute approximate surface area is 156 Å². The van der Waals surface area contributed by atoms with Crippen LogP contribution in [0.2, 0.25) is 0 Å². The van der Waals surface area contributed by atoms with Gasteiger partial charge in [0, 0.05) is 6.21 Å². The van der Waals surface area contributed by atoms with Gasteiger partial charge in [-0.05, 0) is 70.1 Å². The molecule has 5 rings (SSSR count). The van der Waals surface area contributed by atoms with Gasteiger partial charge in [-0.15, -0.1) is 0 Å². The quantitative estimate of drug-likeness (QED) is 0.724. The lowest BCUT2D eigenvalue weighted by atomic mass is 10.0. The van der Waals surface area contributed by atoms with Crippen LogP contribution in [-0.4, -0.2) is 23.8 Å². The van der Waals surface area contributed by atoms with E-state index >= 15 is 0 Å². The lowest BCUT2D eigenvalue weighted by Gasteiger charge is -2.12. The molecule has 0 aromatic heterocycles. The zero-order valence-electron chi connectivity index (χ0n) is 14.6. The van der Waals surface area contributed by atoms with Crippen molar-refractivity contribution < 1.29 is 14.6 Å². The maximum atomic E-state index is 11.8. The Morgan fingerprint density at radius 3 is 2.74 bits per heavy atom. The van der Waals surface area contributed by atoms with Crippen LogP contribution in [0.4, 0.5) is 0 Å². The average molecular weight is 355 g/mol. The lowest BCUT2D eigenvalue weighted by Crippen LogP contribution is -2.01. The summed E-state index contributed by atoms with van der Waals surface area (Å²) < 4.78 is 6.03. The number of aliphatic imine (C=N–C) groups is 1. The number of benzene rings is 3. The maximum Gasteiger partial charge on any atom is 0.339 e. The smallest absolute Gasteiger partial charge is 0.339 e. The summed E-state index contributed by atoms with van der Waals surface area (Å²) in [6.45, 7) is 0.637. The topological polar surface area (TPSA) is 58.9 Å². The number of hydrogen-bond acceptors (Lipinski definition) is 3. The number of carboxylic acid groups (broad SMARTS) is 1. The second-order valence-corrected chi connectivity index (χ2v) is 6.87. The summed E-state index contributed by atoms with van der Waals surface area (Å²) >= 11 is 0. The number of ether oxygens (including phenoxy) is 1. The van der Waals surface area contributed by atoms with Gasteiger partial charge in [-0.25, -0.2) is 4.79 Å². The highest BCUT2D eigenvalue weighted by molar-refractivity contribution is 6.12. The fourth-order valence-electron chi connectivity index (χ4n) is 3.94. The van der Waals surface area contributed by atoms with E-state index in [1.165, 1.54) is 16.5 Å². The van der Waals surface area contributed by atoms with Crippen LogP contribution in [0.25, 0.3) is 16.3 Å². The summed E-state index contributed by atoms with van der Waals surface area (Å²) in [5, 5.41) is 12.1. The molecule has 4 heteroatoms. The van der Waals surface area contributed by atoms with E-state index in [-0.39, 0.29) is 5.56 Å². The Hall–Kier alpha value is -3.40. The summed E-state index contributed by atoms with van der Waals surface area (Å²) in [4.78, 5) is 16.0. The van der Waals surface area contributed by atoms with Crippen molar-refractivity contribution in [3.63, 3.8) is 0 Å². The number of aromatic carboxylic acids is 1. The highest BCUT2D eigenvalue weighted by atomic mass is 16.5. The Morgan fingerprint density at radius 2 is 1.93 bits per heavy atom. The molecule has 1 N–H and O–H groups in total. The van der Waals surface area contributed by atoms with Crippen LogP contribution in [0.1, 0.15) is 27.0 Å². The third-order valence-corrected chi connectivity index (χ3v) is 5.20. The van der Waals surface area contributed by atoms with E-state index < -0.39 is 5.97 Å². The molecule has 1 aliphatic carbocycles. The van der Waals surface area contributed by atoms with Crippen LogP contribution in [0.5, 0.6) is 11.5 Å². The number of rotatable bonds is 4. The first kappa shape index (κ1) is 15.8. The normalized spacial score (nSPS) is 14.6. The molecular weight excluding hydrogens is 338 g/mol. The zero-order valence-corrected chi connectivity index (χ0v) is 14.6. The van der Waals surface area contributed by atoms with Crippen molar-refractivity contribution in [2.45, 2.75) is 12.8 Å². The summed E-state index contributed by atoms with van der Waals surface area (Å²) in [6.07, 6.45) is 5.78. The number of allylic oxidation sites excluding steroid dienone is 1. The van der Waals surface area contributed by atoms with Gasteiger partial charge in [-0.1, -0.05) is 30.3 Å². The van der Waals surface area contributed by atoms with Gasteiger partial charge < -0.3 is 9.84 Å². The van der Waals surface area contributed by atoms with Crippen molar-refractivity contribution in [2.75, 3.05) is 6.54 Å². The highest BCUT2D eigenvalue weighted by Gasteiger charge is 2.18. The molecule has 0 saturated carbocycles. The fourth-order valence-corrected chi connectivity index (χ4v) is 3.94. The van der Waals surface area contributed by atoms with Gasteiger partial charge in [-0.2, -0.15) is 0 Å². The molecule has 2 aliphatic rings. The fraction of sp³-hybridized carbons (Fsp3) is 0.130. The first-order chi connectivity index (χ1) is 13.2. The van der Waals surface area contributed by atoms with Crippen LogP contribution in [0.15, 0.2) is 59.6 Å². The van der Waals surface area contributed by atoms with Gasteiger partial charge in [0.05, 0.1) is 6.54 Å². The van der Waals surface area contributed by atoms with Crippen molar-refractivity contribution in [1.29, 1.82) is 0 Å². The molecule has 3 aromatic carbocycles. The second kappa shape index (κ2) is 6.09. The van der Waals surface area contributed by atoms with Crippen molar-refractivity contribution >= 4 is 28.5 Å². The lowest BCUT2D eigenvalue weighted by molar-refractivity contribution is 0.0694. The van der Waals surface area contributed by atoms with Crippen LogP contribution < -0.4 is 4.74 Å². The van der Waals surface area contributed by atoms with E-state index in [1.807, 2.05) is 24.3 Å². The molecule has 3 aromatic rings. The van der Waals surface area contributed by atoms with Crippen molar-refractivity contribution in [1.82, 2.24) is 0 Å². The molecule has 0 saturated heterocycles. The number of carboxylic acids is 1. The Bertz CT molecular complexity index is 1160. The van der Waals surface area contributed by atoms with Crippen molar-refractivity contribution in [3.05, 3.63) is 76.9 Å². The first-order valence-corrected chi connectivity index (χ1v) is 8.99. The van der Waals surface area contributed by atoms with E-state index in [0.717, 1.165) is 29.4 Å². The molecule has 27 heavy (non-hydrogen) atoms. The first-order valence-electron chi connectivity index (χ1n) is 8.99. The summed E-state index contributed by atoms with van der Waals surface area (Å²) in [5.74, 6) is 0.0194. The van der Waals surface area contributed by atoms with Gasteiger partial charge in [0.25, 0.3) is 0 Å². The maximum absolute atomic E-state index is 11.8. The minimum Gasteiger partial charge on any atom is -0.478 e. The van der Waals surface area contributed by atoms with Crippen molar-refractivity contribution in [2.24, 2.45) is 4.99 Å².